The van der Waals surface area contributed by atoms with Crippen molar-refractivity contribution in [2.45, 2.75) is 0 Å². The Morgan fingerprint density at radius 2 is 1.00 bits per heavy atom. The summed E-state index contributed by atoms with van der Waals surface area (Å²) in [5.74, 6) is -5.21. The molecule has 10 heteroatoms. The zero-order valence-electron chi connectivity index (χ0n) is 10.5. The van der Waals surface area contributed by atoms with Gasteiger partial charge < -0.3 is 25.2 Å². The first-order valence-corrected chi connectivity index (χ1v) is 5.50. The molecule has 0 aliphatic carbocycles. The van der Waals surface area contributed by atoms with Crippen LogP contribution in [0.15, 0.2) is 0 Å². The molecule has 0 heterocycles. The second kappa shape index (κ2) is 8.82. The quantitative estimate of drug-likeness (QED) is 0.350. The maximum atomic E-state index is 10.5. The first kappa shape index (κ1) is 17.8. The average molecular weight is 291 g/mol. The van der Waals surface area contributed by atoms with Crippen molar-refractivity contribution in [2.75, 3.05) is 39.3 Å². The molecule has 0 bridgehead atoms. The summed E-state index contributed by atoms with van der Waals surface area (Å²) < 4.78 is 0. The van der Waals surface area contributed by atoms with Crippen molar-refractivity contribution >= 4 is 23.9 Å². The van der Waals surface area contributed by atoms with Gasteiger partial charge in [-0.05, 0) is 0 Å². The van der Waals surface area contributed by atoms with Crippen molar-refractivity contribution in [2.24, 2.45) is 0 Å². The highest BCUT2D eigenvalue weighted by Gasteiger charge is 2.16. The van der Waals surface area contributed by atoms with Crippen LogP contribution in [0.25, 0.3) is 0 Å². The van der Waals surface area contributed by atoms with E-state index in [0.29, 0.717) is 0 Å². The fourth-order valence-electron chi connectivity index (χ4n) is 1.47. The molecular formula is C10H15N2O8-. The molecule has 0 rings (SSSR count). The number of carbonyl (C=O) groups excluding carboxylic acids is 1. The van der Waals surface area contributed by atoms with Crippen LogP contribution in [0.2, 0.25) is 0 Å². The van der Waals surface area contributed by atoms with Crippen molar-refractivity contribution < 1.29 is 39.6 Å². The summed E-state index contributed by atoms with van der Waals surface area (Å²) >= 11 is 0. The predicted molar refractivity (Wildman–Crippen MR) is 60.8 cm³/mol. The van der Waals surface area contributed by atoms with Crippen LogP contribution in [0.4, 0.5) is 0 Å². The fourth-order valence-corrected chi connectivity index (χ4v) is 1.47. The van der Waals surface area contributed by atoms with Crippen LogP contribution >= 0.6 is 0 Å². The van der Waals surface area contributed by atoms with Gasteiger partial charge in [-0.25, -0.2) is 0 Å². The fraction of sp³-hybridized carbons (Fsp3) is 0.600. The SMILES string of the molecule is O=C([O-])CN(CCN(CC(=O)O)CC(=O)O)CC(=O)O. The summed E-state index contributed by atoms with van der Waals surface area (Å²) in [7, 11) is 0. The maximum absolute atomic E-state index is 10.5. The number of hydrogen-bond acceptors (Lipinski definition) is 7. The molecule has 0 amide bonds. The van der Waals surface area contributed by atoms with Crippen molar-refractivity contribution in [3.8, 4) is 0 Å². The van der Waals surface area contributed by atoms with E-state index in [9.17, 15) is 24.3 Å². The second-order valence-electron chi connectivity index (χ2n) is 3.97. The predicted octanol–water partition coefficient (Wildman–Crippen LogP) is -3.41. The van der Waals surface area contributed by atoms with Crippen molar-refractivity contribution in [1.82, 2.24) is 9.80 Å². The largest absolute Gasteiger partial charge is 0.549 e. The van der Waals surface area contributed by atoms with Crippen LogP contribution in [0.5, 0.6) is 0 Å². The summed E-state index contributed by atoms with van der Waals surface area (Å²) in [6, 6.07) is 0. The maximum Gasteiger partial charge on any atom is 0.317 e. The van der Waals surface area contributed by atoms with Gasteiger partial charge in [-0.2, -0.15) is 0 Å². The number of carboxylic acid groups (broad SMARTS) is 4. The van der Waals surface area contributed by atoms with Crippen LogP contribution in [0.1, 0.15) is 0 Å². The minimum Gasteiger partial charge on any atom is -0.549 e. The number of carbonyl (C=O) groups is 4. The van der Waals surface area contributed by atoms with Gasteiger partial charge in [-0.3, -0.25) is 24.2 Å². The van der Waals surface area contributed by atoms with Gasteiger partial charge in [0.25, 0.3) is 0 Å². The van der Waals surface area contributed by atoms with Crippen molar-refractivity contribution in [3.05, 3.63) is 0 Å². The van der Waals surface area contributed by atoms with E-state index in [1.165, 1.54) is 0 Å². The monoisotopic (exact) mass is 291 g/mol. The van der Waals surface area contributed by atoms with E-state index in [-0.39, 0.29) is 13.1 Å². The summed E-state index contributed by atoms with van der Waals surface area (Å²) in [6.07, 6.45) is 0. The second-order valence-corrected chi connectivity index (χ2v) is 3.97. The third-order valence-corrected chi connectivity index (χ3v) is 2.16. The molecule has 3 N–H and O–H groups in total. The molecule has 0 unspecified atom stereocenters. The van der Waals surface area contributed by atoms with Gasteiger partial charge in [0.15, 0.2) is 0 Å². The molecule has 0 spiro atoms. The number of carboxylic acids is 4. The molecule has 0 saturated carbocycles. The lowest BCUT2D eigenvalue weighted by Gasteiger charge is -2.24. The third kappa shape index (κ3) is 9.79. The van der Waals surface area contributed by atoms with E-state index < -0.39 is 50.1 Å². The van der Waals surface area contributed by atoms with Gasteiger partial charge in [0.05, 0.1) is 25.6 Å². The summed E-state index contributed by atoms with van der Waals surface area (Å²) in [5.41, 5.74) is 0. The molecule has 20 heavy (non-hydrogen) atoms. The van der Waals surface area contributed by atoms with Crippen LogP contribution in [-0.4, -0.2) is 88.3 Å². The Balaban J connectivity index is 4.49. The average Bonchev–Trinajstić information content (AvgIpc) is 2.22. The lowest BCUT2D eigenvalue weighted by Crippen LogP contribution is -2.45. The summed E-state index contributed by atoms with van der Waals surface area (Å²) in [5, 5.41) is 36.3. The first-order valence-electron chi connectivity index (χ1n) is 5.50. The molecule has 0 aromatic carbocycles. The molecule has 0 saturated heterocycles. The van der Waals surface area contributed by atoms with Gasteiger partial charge >= 0.3 is 17.9 Å². The molecule has 0 fully saturated rings. The van der Waals surface area contributed by atoms with Crippen LogP contribution in [0.3, 0.4) is 0 Å². The van der Waals surface area contributed by atoms with Crippen LogP contribution in [-0.2, 0) is 19.2 Å². The van der Waals surface area contributed by atoms with Gasteiger partial charge in [0, 0.05) is 19.6 Å². The number of aliphatic carboxylic acids is 4. The Kier molecular flexibility index (Phi) is 7.85. The van der Waals surface area contributed by atoms with Crippen LogP contribution in [0, 0.1) is 0 Å². The number of rotatable bonds is 11. The Bertz CT molecular complexity index is 315. The van der Waals surface area contributed by atoms with Gasteiger partial charge in [0.2, 0.25) is 0 Å². The molecule has 0 aromatic rings. The lowest BCUT2D eigenvalue weighted by molar-refractivity contribution is -0.306. The summed E-state index contributed by atoms with van der Waals surface area (Å²) in [4.78, 5) is 44.1. The van der Waals surface area contributed by atoms with E-state index in [1.54, 1.807) is 0 Å². The number of nitrogens with zero attached hydrogens (tertiary/aromatic N) is 2. The highest BCUT2D eigenvalue weighted by molar-refractivity contribution is 5.73. The summed E-state index contributed by atoms with van der Waals surface area (Å²) in [6.45, 7) is -2.50. The zero-order chi connectivity index (χ0) is 15.7. The van der Waals surface area contributed by atoms with E-state index in [1.807, 2.05) is 0 Å². The Labute approximate surface area is 113 Å². The zero-order valence-corrected chi connectivity index (χ0v) is 10.5. The molecule has 10 nitrogen and oxygen atoms in total. The van der Waals surface area contributed by atoms with Crippen molar-refractivity contribution in [1.29, 1.82) is 0 Å². The Morgan fingerprint density at radius 1 is 0.700 bits per heavy atom. The normalized spacial score (nSPS) is 10.7. The molecule has 0 aliphatic heterocycles. The smallest absolute Gasteiger partial charge is 0.317 e. The highest BCUT2D eigenvalue weighted by Crippen LogP contribution is 1.93. The number of hydrogen-bond donors (Lipinski definition) is 3. The Hall–Kier alpha value is -2.20. The standard InChI is InChI=1S/C10H16N2O8/c13-7(14)3-11(4-8(15)16)1-2-12(5-9(17)18)6-10(19)20/h1-6H2,(H,13,14)(H,15,16)(H,17,18)(H,19,20)/p-1. The molecule has 114 valence electrons. The minimum atomic E-state index is -1.48. The Morgan fingerprint density at radius 3 is 1.25 bits per heavy atom. The molecule has 0 radical (unpaired) electrons. The van der Waals surface area contributed by atoms with E-state index in [2.05, 4.69) is 0 Å². The minimum absolute atomic E-state index is 0.0981. The molecule has 0 aromatic heterocycles. The molecular weight excluding hydrogens is 276 g/mol. The highest BCUT2D eigenvalue weighted by atomic mass is 16.4. The third-order valence-electron chi connectivity index (χ3n) is 2.16. The van der Waals surface area contributed by atoms with Gasteiger partial charge in [0.1, 0.15) is 0 Å². The van der Waals surface area contributed by atoms with E-state index in [4.69, 9.17) is 15.3 Å². The first-order chi connectivity index (χ1) is 9.20. The van der Waals surface area contributed by atoms with Crippen molar-refractivity contribution in [3.63, 3.8) is 0 Å². The molecule has 0 aliphatic rings. The van der Waals surface area contributed by atoms with Gasteiger partial charge in [-0.1, -0.05) is 0 Å². The topological polar surface area (TPSA) is 159 Å². The van der Waals surface area contributed by atoms with Crippen LogP contribution < -0.4 is 5.11 Å². The van der Waals surface area contributed by atoms with E-state index >= 15 is 0 Å². The van der Waals surface area contributed by atoms with Gasteiger partial charge in [-0.15, -0.1) is 0 Å². The lowest BCUT2D eigenvalue weighted by atomic mass is 10.4. The van der Waals surface area contributed by atoms with E-state index in [0.717, 1.165) is 9.80 Å². The molecule has 0 atom stereocenters.